The molecule has 47 heavy (non-hydrogen) atoms. The molecule has 3 aromatic rings. The number of benzene rings is 2. The van der Waals surface area contributed by atoms with E-state index >= 15 is 0 Å². The van der Waals surface area contributed by atoms with Crippen LogP contribution in [0.2, 0.25) is 0 Å². The maximum atomic E-state index is 13.9. The lowest BCUT2D eigenvalue weighted by molar-refractivity contribution is -0.132. The van der Waals surface area contributed by atoms with Crippen molar-refractivity contribution in [2.24, 2.45) is 21.1 Å². The molecular weight excluding hydrogens is 590 g/mol. The molecule has 2 aromatic carbocycles. The van der Waals surface area contributed by atoms with E-state index in [4.69, 9.17) is 16.9 Å². The van der Waals surface area contributed by atoms with Gasteiger partial charge in [-0.1, -0.05) is 30.3 Å². The van der Waals surface area contributed by atoms with E-state index in [1.165, 1.54) is 11.9 Å². The van der Waals surface area contributed by atoms with Crippen molar-refractivity contribution in [2.75, 3.05) is 56.9 Å². The molecule has 6 rings (SSSR count). The van der Waals surface area contributed by atoms with Crippen LogP contribution in [-0.2, 0) is 9.59 Å². The second-order valence-electron chi connectivity index (χ2n) is 12.6. The Bertz CT molecular complexity index is 1800. The Labute approximate surface area is 276 Å². The number of aryl methyl sites for hydroxylation is 1. The average molecular weight is 634 g/mol. The number of aromatic nitrogens is 1. The topological polar surface area (TPSA) is 157 Å². The number of pyridine rings is 1. The van der Waals surface area contributed by atoms with E-state index in [1.807, 2.05) is 59.2 Å². The number of rotatable bonds is 8. The Balaban J connectivity index is 0.00000451. The summed E-state index contributed by atoms with van der Waals surface area (Å²) in [4.78, 5) is 45.3. The second kappa shape index (κ2) is 13.3. The molecule has 0 radical (unpaired) electrons. The molecule has 1 spiro atoms. The van der Waals surface area contributed by atoms with Crippen LogP contribution in [0.3, 0.4) is 0 Å². The molecule has 11 nitrogen and oxygen atoms in total. The first-order chi connectivity index (χ1) is 22.7. The number of hydrogen-bond donors (Lipinski definition) is 3. The summed E-state index contributed by atoms with van der Waals surface area (Å²) in [6.07, 6.45) is 7.47. The summed E-state index contributed by atoms with van der Waals surface area (Å²) >= 11 is 0. The number of anilines is 2. The molecule has 244 valence electrons. The molecule has 0 saturated carbocycles. The van der Waals surface area contributed by atoms with Crippen LogP contribution < -0.4 is 16.4 Å². The van der Waals surface area contributed by atoms with Gasteiger partial charge < -0.3 is 21.3 Å². The van der Waals surface area contributed by atoms with Crippen molar-refractivity contribution >= 4 is 46.6 Å². The number of nitrogen functional groups attached to an aromatic ring is 1. The number of hydrogen-bond acceptors (Lipinski definition) is 7. The third kappa shape index (κ3) is 6.57. The normalized spacial score (nSPS) is 20.4. The number of amidine groups is 1. The summed E-state index contributed by atoms with van der Waals surface area (Å²) < 4.78 is 0. The van der Waals surface area contributed by atoms with Crippen LogP contribution in [0.4, 0.5) is 11.4 Å². The first kappa shape index (κ1) is 31.8. The minimum Gasteiger partial charge on any atom is -0.398 e. The van der Waals surface area contributed by atoms with Crippen molar-refractivity contribution in [3.63, 3.8) is 0 Å². The SMILES string of the molecule is CN=CN=C(N)c1ccc(C2=CCN(C(=O)CN3CCC4(CCN(c5ccc(N)c(C(=N)c6ccnc(C)c6)c5)C4=O)C3)CC2)cc1.[HH]. The minimum absolute atomic E-state index is 0. The Morgan fingerprint density at radius 1 is 1.09 bits per heavy atom. The van der Waals surface area contributed by atoms with Gasteiger partial charge in [0.05, 0.1) is 17.7 Å². The standard InChI is InChI=1S/C36H41N9O2.H2/c1-24-19-28(9-14-41-24)33(38)30-20-29(7-8-31(30)37)45-18-13-36(35(45)47)12-17-43(22-36)21-32(46)44-15-10-26(11-16-44)25-3-5-27(6-4-25)34(39)42-23-40-2;/h3-10,14,19-20,23,38H,11-13,15-18,21-22,37H2,1-2H3,(H2,39,40,42);1H. The quantitative estimate of drug-likeness (QED) is 0.195. The number of carbonyl (C=O) groups is 2. The fourth-order valence-corrected chi connectivity index (χ4v) is 6.82. The molecule has 1 unspecified atom stereocenters. The van der Waals surface area contributed by atoms with E-state index in [1.54, 1.807) is 25.4 Å². The summed E-state index contributed by atoms with van der Waals surface area (Å²) in [5.74, 6) is 0.585. The highest BCUT2D eigenvalue weighted by Crippen LogP contribution is 2.43. The summed E-state index contributed by atoms with van der Waals surface area (Å²) in [7, 11) is 1.65. The van der Waals surface area contributed by atoms with Crippen LogP contribution in [-0.4, -0.2) is 90.8 Å². The van der Waals surface area contributed by atoms with Gasteiger partial charge in [-0.3, -0.25) is 29.9 Å². The molecule has 4 heterocycles. The van der Waals surface area contributed by atoms with Crippen molar-refractivity contribution in [1.29, 1.82) is 5.41 Å². The van der Waals surface area contributed by atoms with Gasteiger partial charge in [-0.05, 0) is 74.2 Å². The fourth-order valence-electron chi connectivity index (χ4n) is 6.82. The second-order valence-corrected chi connectivity index (χ2v) is 12.6. The van der Waals surface area contributed by atoms with Crippen molar-refractivity contribution in [1.82, 2.24) is 14.8 Å². The highest BCUT2D eigenvalue weighted by atomic mass is 16.2. The predicted molar refractivity (Wildman–Crippen MR) is 189 cm³/mol. The Hall–Kier alpha value is -5.16. The van der Waals surface area contributed by atoms with Crippen molar-refractivity contribution < 1.29 is 11.0 Å². The van der Waals surface area contributed by atoms with Crippen molar-refractivity contribution in [3.8, 4) is 0 Å². The third-order valence-electron chi connectivity index (χ3n) is 9.53. The zero-order chi connectivity index (χ0) is 33.1. The molecule has 2 fully saturated rings. The molecule has 2 amide bonds. The van der Waals surface area contributed by atoms with Crippen LogP contribution in [0.25, 0.3) is 5.57 Å². The molecule has 11 heteroatoms. The Kier molecular flexibility index (Phi) is 8.99. The van der Waals surface area contributed by atoms with E-state index in [-0.39, 0.29) is 13.2 Å². The molecule has 3 aliphatic heterocycles. The highest BCUT2D eigenvalue weighted by molar-refractivity contribution is 6.15. The van der Waals surface area contributed by atoms with Gasteiger partial charge in [-0.2, -0.15) is 0 Å². The Morgan fingerprint density at radius 3 is 2.60 bits per heavy atom. The number of amides is 2. The van der Waals surface area contributed by atoms with Crippen LogP contribution in [0.1, 0.15) is 48.6 Å². The highest BCUT2D eigenvalue weighted by Gasteiger charge is 2.51. The maximum Gasteiger partial charge on any atom is 0.237 e. The maximum absolute atomic E-state index is 13.9. The van der Waals surface area contributed by atoms with Crippen molar-refractivity contribution in [2.45, 2.75) is 26.2 Å². The van der Waals surface area contributed by atoms with E-state index in [2.05, 4.69) is 25.9 Å². The van der Waals surface area contributed by atoms with Gasteiger partial charge in [-0.15, -0.1) is 0 Å². The predicted octanol–water partition coefficient (Wildman–Crippen LogP) is 3.74. The van der Waals surface area contributed by atoms with Crippen LogP contribution in [0, 0.1) is 17.7 Å². The zero-order valence-corrected chi connectivity index (χ0v) is 26.9. The summed E-state index contributed by atoms with van der Waals surface area (Å²) in [6, 6.07) is 17.1. The Morgan fingerprint density at radius 2 is 1.87 bits per heavy atom. The number of nitrogens with zero attached hydrogens (tertiary/aromatic N) is 6. The van der Waals surface area contributed by atoms with Gasteiger partial charge in [0, 0.05) is 74.6 Å². The molecule has 1 aromatic heterocycles. The number of nitrogens with one attached hydrogen (secondary N) is 1. The smallest absolute Gasteiger partial charge is 0.237 e. The monoisotopic (exact) mass is 633 g/mol. The molecule has 2 saturated heterocycles. The zero-order valence-electron chi connectivity index (χ0n) is 26.9. The van der Waals surface area contributed by atoms with E-state index in [0.29, 0.717) is 62.1 Å². The average Bonchev–Trinajstić information content (AvgIpc) is 3.65. The fraction of sp³-hybridized carbons (Fsp3) is 0.333. The third-order valence-corrected chi connectivity index (χ3v) is 9.53. The summed E-state index contributed by atoms with van der Waals surface area (Å²) in [6.45, 7) is 5.29. The minimum atomic E-state index is -0.504. The number of likely N-dealkylation sites (tertiary alicyclic amines) is 1. The largest absolute Gasteiger partial charge is 0.398 e. The van der Waals surface area contributed by atoms with Gasteiger partial charge in [0.2, 0.25) is 11.8 Å². The molecule has 1 atom stereocenters. The lowest BCUT2D eigenvalue weighted by Crippen LogP contribution is -2.43. The number of aliphatic imine (C=N–C) groups is 2. The van der Waals surface area contributed by atoms with Gasteiger partial charge in [0.1, 0.15) is 12.2 Å². The van der Waals surface area contributed by atoms with Gasteiger partial charge >= 0.3 is 0 Å². The van der Waals surface area contributed by atoms with E-state index < -0.39 is 5.41 Å². The van der Waals surface area contributed by atoms with E-state index in [0.717, 1.165) is 47.3 Å². The molecule has 0 bridgehead atoms. The molecule has 3 aliphatic rings. The summed E-state index contributed by atoms with van der Waals surface area (Å²) in [5, 5.41) is 8.79. The van der Waals surface area contributed by atoms with Gasteiger partial charge in [-0.25, -0.2) is 4.99 Å². The van der Waals surface area contributed by atoms with Gasteiger partial charge in [0.15, 0.2) is 0 Å². The number of nitrogens with two attached hydrogens (primary N) is 2. The first-order valence-electron chi connectivity index (χ1n) is 15.9. The lowest BCUT2D eigenvalue weighted by atomic mass is 9.85. The van der Waals surface area contributed by atoms with Crippen LogP contribution >= 0.6 is 0 Å². The number of carbonyl (C=O) groups excluding carboxylic acids is 2. The molecule has 0 aliphatic carbocycles. The van der Waals surface area contributed by atoms with Crippen LogP contribution in [0.5, 0.6) is 0 Å². The molecular formula is C36H43N9O2. The first-order valence-corrected chi connectivity index (χ1v) is 15.9. The van der Waals surface area contributed by atoms with Crippen LogP contribution in [0.15, 0.2) is 76.9 Å². The summed E-state index contributed by atoms with van der Waals surface area (Å²) in [5.41, 5.74) is 18.6. The van der Waals surface area contributed by atoms with E-state index in [9.17, 15) is 9.59 Å². The lowest BCUT2D eigenvalue weighted by Gasteiger charge is -2.29. The van der Waals surface area contributed by atoms with Gasteiger partial charge in [0.25, 0.3) is 0 Å². The van der Waals surface area contributed by atoms with Crippen molar-refractivity contribution in [3.05, 3.63) is 94.8 Å². The molecule has 5 N–H and O–H groups in total.